The maximum Gasteiger partial charge on any atom is 0.319 e. The molecule has 1 saturated heterocycles. The first-order chi connectivity index (χ1) is 14.0. The first-order valence-corrected chi connectivity index (χ1v) is 10.0. The van der Waals surface area contributed by atoms with Crippen LogP contribution >= 0.6 is 0 Å². The van der Waals surface area contributed by atoms with E-state index in [1.54, 1.807) is 6.20 Å². The molecule has 0 radical (unpaired) electrons. The van der Waals surface area contributed by atoms with Gasteiger partial charge >= 0.3 is 6.03 Å². The van der Waals surface area contributed by atoms with Gasteiger partial charge < -0.3 is 20.3 Å². The van der Waals surface area contributed by atoms with E-state index in [0.29, 0.717) is 25.3 Å². The number of urea groups is 1. The van der Waals surface area contributed by atoms with E-state index in [0.717, 1.165) is 35.4 Å². The summed E-state index contributed by atoms with van der Waals surface area (Å²) in [7, 11) is 0. The summed E-state index contributed by atoms with van der Waals surface area (Å²) in [6.45, 7) is 7.66. The smallest absolute Gasteiger partial charge is 0.319 e. The molecule has 1 atom stereocenters. The van der Waals surface area contributed by atoms with Crippen LogP contribution in [0.3, 0.4) is 0 Å². The van der Waals surface area contributed by atoms with E-state index in [2.05, 4.69) is 20.8 Å². The summed E-state index contributed by atoms with van der Waals surface area (Å²) >= 11 is 0. The fourth-order valence-corrected chi connectivity index (χ4v) is 3.73. The molecular weight excluding hydrogens is 370 g/mol. The van der Waals surface area contributed by atoms with E-state index in [9.17, 15) is 9.59 Å². The number of likely N-dealkylation sites (tertiary alicyclic amines) is 1. The standard InChI is InChI=1S/C21H29N5O3/c1-4-22-21(28)24-17-11-23-25-19(17)16-9-6-10-26(12-16)18(27)13-29-20-14(2)7-5-8-15(20)3/h5,7-8,11,16H,4,6,9-10,12-13H2,1-3H3,(H,23,25)(H2,22,24,28). The number of nitrogens with one attached hydrogen (secondary N) is 3. The highest BCUT2D eigenvalue weighted by molar-refractivity contribution is 5.89. The molecule has 1 fully saturated rings. The third-order valence-corrected chi connectivity index (χ3v) is 5.19. The molecule has 1 aromatic heterocycles. The molecule has 3 amide bonds. The van der Waals surface area contributed by atoms with Crippen molar-refractivity contribution in [3.63, 3.8) is 0 Å². The van der Waals surface area contributed by atoms with Gasteiger partial charge in [-0.25, -0.2) is 4.79 Å². The van der Waals surface area contributed by atoms with Crippen molar-refractivity contribution in [2.24, 2.45) is 0 Å². The number of aromatic nitrogens is 2. The number of piperidine rings is 1. The second-order valence-corrected chi connectivity index (χ2v) is 7.37. The number of anilines is 1. The second kappa shape index (κ2) is 9.45. The summed E-state index contributed by atoms with van der Waals surface area (Å²) in [6.07, 6.45) is 3.42. The van der Waals surface area contributed by atoms with Crippen LogP contribution in [0.2, 0.25) is 0 Å². The molecular formula is C21H29N5O3. The maximum atomic E-state index is 12.8. The highest BCUT2D eigenvalue weighted by atomic mass is 16.5. The fraction of sp³-hybridized carbons (Fsp3) is 0.476. The Kier molecular flexibility index (Phi) is 6.74. The Bertz CT molecular complexity index is 844. The summed E-state index contributed by atoms with van der Waals surface area (Å²) in [5.74, 6) is 0.832. The summed E-state index contributed by atoms with van der Waals surface area (Å²) in [4.78, 5) is 26.4. The van der Waals surface area contributed by atoms with Gasteiger partial charge in [0.05, 0.1) is 17.6 Å². The van der Waals surface area contributed by atoms with Crippen molar-refractivity contribution in [3.8, 4) is 5.75 Å². The lowest BCUT2D eigenvalue weighted by Crippen LogP contribution is -2.42. The third kappa shape index (κ3) is 5.07. The number of para-hydroxylation sites is 1. The Hall–Kier alpha value is -3.03. The van der Waals surface area contributed by atoms with Crippen molar-refractivity contribution in [3.05, 3.63) is 41.2 Å². The van der Waals surface area contributed by atoms with E-state index in [1.165, 1.54) is 0 Å². The zero-order chi connectivity index (χ0) is 20.8. The van der Waals surface area contributed by atoms with Gasteiger partial charge in [-0.05, 0) is 44.7 Å². The summed E-state index contributed by atoms with van der Waals surface area (Å²) < 4.78 is 5.84. The molecule has 1 aliphatic heterocycles. The van der Waals surface area contributed by atoms with Gasteiger partial charge in [-0.2, -0.15) is 5.10 Å². The quantitative estimate of drug-likeness (QED) is 0.695. The van der Waals surface area contributed by atoms with Gasteiger partial charge in [-0.3, -0.25) is 9.89 Å². The van der Waals surface area contributed by atoms with E-state index < -0.39 is 0 Å². The third-order valence-electron chi connectivity index (χ3n) is 5.19. The fourth-order valence-electron chi connectivity index (χ4n) is 3.73. The van der Waals surface area contributed by atoms with Crippen molar-refractivity contribution in [1.29, 1.82) is 0 Å². The van der Waals surface area contributed by atoms with Crippen LogP contribution in [0.5, 0.6) is 5.75 Å². The molecule has 2 heterocycles. The van der Waals surface area contributed by atoms with E-state index in [4.69, 9.17) is 4.74 Å². The molecule has 0 aliphatic carbocycles. The van der Waals surface area contributed by atoms with Gasteiger partial charge in [0.25, 0.3) is 5.91 Å². The monoisotopic (exact) mass is 399 g/mol. The summed E-state index contributed by atoms with van der Waals surface area (Å²) in [6, 6.07) is 5.67. The van der Waals surface area contributed by atoms with Gasteiger partial charge in [0.15, 0.2) is 6.61 Å². The molecule has 3 rings (SSSR count). The Morgan fingerprint density at radius 2 is 2.07 bits per heavy atom. The number of hydrogen-bond donors (Lipinski definition) is 3. The summed E-state index contributed by atoms with van der Waals surface area (Å²) in [5, 5.41) is 12.6. The Morgan fingerprint density at radius 3 is 2.79 bits per heavy atom. The van der Waals surface area contributed by atoms with Crippen LogP contribution < -0.4 is 15.4 Å². The SMILES string of the molecule is CCNC(=O)Nc1cn[nH]c1C1CCCN(C(=O)COc2c(C)cccc2C)C1. The van der Waals surface area contributed by atoms with Crippen molar-refractivity contribution < 1.29 is 14.3 Å². The summed E-state index contributed by atoms with van der Waals surface area (Å²) in [5.41, 5.74) is 3.55. The molecule has 0 spiro atoms. The largest absolute Gasteiger partial charge is 0.483 e. The van der Waals surface area contributed by atoms with Crippen LogP contribution in [0.25, 0.3) is 0 Å². The number of H-pyrrole nitrogens is 1. The minimum absolute atomic E-state index is 0.0192. The van der Waals surface area contributed by atoms with Crippen LogP contribution in [0.15, 0.2) is 24.4 Å². The molecule has 1 aliphatic rings. The Labute approximate surface area is 171 Å². The topological polar surface area (TPSA) is 99.4 Å². The average Bonchev–Trinajstić information content (AvgIpc) is 3.15. The molecule has 1 aromatic carbocycles. The predicted molar refractivity (Wildman–Crippen MR) is 111 cm³/mol. The lowest BCUT2D eigenvalue weighted by atomic mass is 9.94. The maximum absolute atomic E-state index is 12.8. The van der Waals surface area contributed by atoms with Gasteiger partial charge in [-0.15, -0.1) is 0 Å². The van der Waals surface area contributed by atoms with Crippen molar-refractivity contribution in [2.45, 2.75) is 39.5 Å². The van der Waals surface area contributed by atoms with Gasteiger partial charge in [0.1, 0.15) is 5.75 Å². The molecule has 0 bridgehead atoms. The molecule has 29 heavy (non-hydrogen) atoms. The van der Waals surface area contributed by atoms with E-state index in [1.807, 2.05) is 43.9 Å². The van der Waals surface area contributed by atoms with Crippen molar-refractivity contribution in [2.75, 3.05) is 31.6 Å². The Morgan fingerprint density at radius 1 is 1.31 bits per heavy atom. The number of nitrogens with zero attached hydrogens (tertiary/aromatic N) is 2. The molecule has 0 saturated carbocycles. The molecule has 156 valence electrons. The predicted octanol–water partition coefficient (Wildman–Crippen LogP) is 2.95. The number of rotatable bonds is 6. The van der Waals surface area contributed by atoms with Crippen LogP contribution in [0, 0.1) is 13.8 Å². The zero-order valence-corrected chi connectivity index (χ0v) is 17.2. The number of carbonyl (C=O) groups is 2. The molecule has 8 nitrogen and oxygen atoms in total. The lowest BCUT2D eigenvalue weighted by Gasteiger charge is -2.32. The zero-order valence-electron chi connectivity index (χ0n) is 17.2. The van der Waals surface area contributed by atoms with Crippen LogP contribution in [0.1, 0.15) is 42.5 Å². The van der Waals surface area contributed by atoms with Gasteiger partial charge in [0.2, 0.25) is 0 Å². The highest BCUT2D eigenvalue weighted by Gasteiger charge is 2.28. The van der Waals surface area contributed by atoms with E-state index in [-0.39, 0.29) is 24.5 Å². The van der Waals surface area contributed by atoms with E-state index >= 15 is 0 Å². The highest BCUT2D eigenvalue weighted by Crippen LogP contribution is 2.30. The lowest BCUT2D eigenvalue weighted by molar-refractivity contribution is -0.134. The molecule has 8 heteroatoms. The minimum atomic E-state index is -0.263. The number of carbonyl (C=O) groups excluding carboxylic acids is 2. The first kappa shape index (κ1) is 20.7. The van der Waals surface area contributed by atoms with Crippen LogP contribution in [-0.4, -0.2) is 53.3 Å². The molecule has 1 unspecified atom stereocenters. The molecule has 3 N–H and O–H groups in total. The van der Waals surface area contributed by atoms with Crippen molar-refractivity contribution >= 4 is 17.6 Å². The number of benzene rings is 1. The van der Waals surface area contributed by atoms with Gasteiger partial charge in [-0.1, -0.05) is 18.2 Å². The Balaban J connectivity index is 1.61. The first-order valence-electron chi connectivity index (χ1n) is 10.0. The minimum Gasteiger partial charge on any atom is -0.483 e. The normalized spacial score (nSPS) is 16.4. The average molecular weight is 399 g/mol. The number of amides is 3. The number of aryl methyl sites for hydroxylation is 2. The van der Waals surface area contributed by atoms with Crippen LogP contribution in [0.4, 0.5) is 10.5 Å². The number of ether oxygens (including phenoxy) is 1. The number of aromatic amines is 1. The number of hydrogen-bond acceptors (Lipinski definition) is 4. The van der Waals surface area contributed by atoms with Crippen LogP contribution in [-0.2, 0) is 4.79 Å². The molecule has 2 aromatic rings. The second-order valence-electron chi connectivity index (χ2n) is 7.37. The van der Waals surface area contributed by atoms with Crippen molar-refractivity contribution in [1.82, 2.24) is 20.4 Å². The van der Waals surface area contributed by atoms with Gasteiger partial charge in [0, 0.05) is 25.6 Å².